The largest absolute Gasteiger partial charge is 0.346 e. The van der Waals surface area contributed by atoms with E-state index in [0.29, 0.717) is 17.7 Å². The predicted octanol–water partition coefficient (Wildman–Crippen LogP) is 4.29. The van der Waals surface area contributed by atoms with Gasteiger partial charge in [0.1, 0.15) is 0 Å². The Morgan fingerprint density at radius 2 is 2.12 bits per heavy atom. The molecule has 1 saturated carbocycles. The third-order valence-corrected chi connectivity index (χ3v) is 4.61. The highest BCUT2D eigenvalue weighted by atomic mass is 79.9. The Hall–Kier alpha value is -2.55. The van der Waals surface area contributed by atoms with Crippen LogP contribution in [0.15, 0.2) is 35.1 Å². The van der Waals surface area contributed by atoms with Gasteiger partial charge in [-0.05, 0) is 47.8 Å². The summed E-state index contributed by atoms with van der Waals surface area (Å²) in [5.41, 5.74) is 1.90. The van der Waals surface area contributed by atoms with Gasteiger partial charge in [-0.1, -0.05) is 0 Å². The van der Waals surface area contributed by atoms with E-state index < -0.39 is 5.82 Å². The minimum atomic E-state index is -0.541. The van der Waals surface area contributed by atoms with Crippen LogP contribution in [0.4, 0.5) is 22.0 Å². The summed E-state index contributed by atoms with van der Waals surface area (Å²) in [6.45, 7) is 1.94. The fraction of sp³-hybridized carbons (Fsp3) is 0.294. The highest BCUT2D eigenvalue weighted by Gasteiger charge is 2.25. The summed E-state index contributed by atoms with van der Waals surface area (Å²) in [6.07, 6.45) is 5.19. The number of anilines is 3. The zero-order valence-corrected chi connectivity index (χ0v) is 15.6. The lowest BCUT2D eigenvalue weighted by molar-refractivity contribution is 0.618. The molecule has 3 N–H and O–H groups in total. The average molecular weight is 418 g/mol. The molecule has 3 heterocycles. The van der Waals surface area contributed by atoms with Crippen molar-refractivity contribution in [3.8, 4) is 0 Å². The summed E-state index contributed by atoms with van der Waals surface area (Å²) in [5.74, 6) is 0.931. The van der Waals surface area contributed by atoms with Crippen LogP contribution in [0.1, 0.15) is 43.1 Å². The number of nitrogens with zero attached hydrogens (tertiary/aromatic N) is 4. The summed E-state index contributed by atoms with van der Waals surface area (Å²) < 4.78 is 15.0. The minimum absolute atomic E-state index is 0.0762. The van der Waals surface area contributed by atoms with Gasteiger partial charge in [0.2, 0.25) is 5.95 Å². The Bertz CT molecular complexity index is 908. The molecule has 0 aliphatic heterocycles. The van der Waals surface area contributed by atoms with E-state index in [9.17, 15) is 4.39 Å². The molecule has 0 saturated heterocycles. The van der Waals surface area contributed by atoms with Gasteiger partial charge in [0.25, 0.3) is 0 Å². The van der Waals surface area contributed by atoms with Gasteiger partial charge in [0.15, 0.2) is 17.5 Å². The van der Waals surface area contributed by atoms with Crippen molar-refractivity contribution in [2.45, 2.75) is 31.7 Å². The highest BCUT2D eigenvalue weighted by molar-refractivity contribution is 9.10. The quantitative estimate of drug-likeness (QED) is 0.553. The number of H-pyrrole nitrogens is 1. The molecule has 3 aromatic heterocycles. The molecule has 26 heavy (non-hydrogen) atoms. The van der Waals surface area contributed by atoms with Crippen LogP contribution >= 0.6 is 15.9 Å². The van der Waals surface area contributed by atoms with Gasteiger partial charge in [0, 0.05) is 28.3 Å². The standard InChI is InChI=1S/C17H17BrFN7/c1-9(13-5-4-11(18)7-20-13)22-17-21-8-12(19)16(24-17)23-15-6-14(25-26-15)10-2-3-10/h4-10H,2-3H2,1H3,(H3,21,22,23,24,25,26)/t9-/m0/s1. The Morgan fingerprint density at radius 1 is 1.27 bits per heavy atom. The zero-order chi connectivity index (χ0) is 18.1. The van der Waals surface area contributed by atoms with Gasteiger partial charge in [-0.3, -0.25) is 10.1 Å². The number of aromatic nitrogens is 5. The van der Waals surface area contributed by atoms with E-state index in [1.165, 1.54) is 12.8 Å². The number of hydrogen-bond acceptors (Lipinski definition) is 6. The molecular weight excluding hydrogens is 401 g/mol. The minimum Gasteiger partial charge on any atom is -0.346 e. The lowest BCUT2D eigenvalue weighted by Gasteiger charge is -2.14. The zero-order valence-electron chi connectivity index (χ0n) is 14.0. The van der Waals surface area contributed by atoms with E-state index in [1.54, 1.807) is 6.20 Å². The summed E-state index contributed by atoms with van der Waals surface area (Å²) in [5, 5.41) is 13.2. The lowest BCUT2D eigenvalue weighted by Crippen LogP contribution is -2.12. The van der Waals surface area contributed by atoms with Gasteiger partial charge in [0.05, 0.1) is 17.9 Å². The number of aromatic amines is 1. The molecule has 1 aliphatic rings. The number of pyridine rings is 1. The first kappa shape index (κ1) is 16.9. The first-order valence-electron chi connectivity index (χ1n) is 8.31. The Labute approximate surface area is 158 Å². The molecule has 1 fully saturated rings. The Balaban J connectivity index is 1.48. The molecule has 0 radical (unpaired) electrons. The van der Waals surface area contributed by atoms with Crippen molar-refractivity contribution in [3.05, 3.63) is 52.3 Å². The smallest absolute Gasteiger partial charge is 0.225 e. The van der Waals surface area contributed by atoms with Crippen LogP contribution in [0.5, 0.6) is 0 Å². The second kappa shape index (κ2) is 6.99. The van der Waals surface area contributed by atoms with Crippen LogP contribution < -0.4 is 10.6 Å². The fourth-order valence-corrected chi connectivity index (χ4v) is 2.80. The van der Waals surface area contributed by atoms with Gasteiger partial charge >= 0.3 is 0 Å². The molecule has 0 spiro atoms. The highest BCUT2D eigenvalue weighted by Crippen LogP contribution is 2.39. The molecule has 1 aliphatic carbocycles. The molecule has 3 aromatic rings. The predicted molar refractivity (Wildman–Crippen MR) is 99.8 cm³/mol. The summed E-state index contributed by atoms with van der Waals surface area (Å²) in [7, 11) is 0. The van der Waals surface area contributed by atoms with Crippen molar-refractivity contribution >= 4 is 33.5 Å². The lowest BCUT2D eigenvalue weighted by atomic mass is 10.2. The number of halogens is 2. The number of hydrogen-bond donors (Lipinski definition) is 3. The first-order chi connectivity index (χ1) is 12.6. The van der Waals surface area contributed by atoms with E-state index in [4.69, 9.17) is 0 Å². The SMILES string of the molecule is C[C@H](Nc1ncc(F)c(Nc2cc(C3CC3)[nH]n2)n1)c1ccc(Br)cn1. The summed E-state index contributed by atoms with van der Waals surface area (Å²) in [6, 6.07) is 5.57. The van der Waals surface area contributed by atoms with E-state index in [0.717, 1.165) is 22.1 Å². The molecule has 0 bridgehead atoms. The number of rotatable bonds is 6. The van der Waals surface area contributed by atoms with Crippen molar-refractivity contribution in [1.29, 1.82) is 0 Å². The summed E-state index contributed by atoms with van der Waals surface area (Å²) >= 11 is 3.36. The number of nitrogens with one attached hydrogen (secondary N) is 3. The van der Waals surface area contributed by atoms with Crippen LogP contribution in [0, 0.1) is 5.82 Å². The van der Waals surface area contributed by atoms with Crippen LogP contribution in [0.3, 0.4) is 0 Å². The molecule has 9 heteroatoms. The maximum absolute atomic E-state index is 14.1. The van der Waals surface area contributed by atoms with E-state index in [2.05, 4.69) is 51.7 Å². The van der Waals surface area contributed by atoms with Crippen molar-refractivity contribution in [2.75, 3.05) is 10.6 Å². The van der Waals surface area contributed by atoms with Gasteiger partial charge in [-0.25, -0.2) is 9.37 Å². The average Bonchev–Trinajstić information content (AvgIpc) is 3.38. The molecule has 4 rings (SSSR count). The van der Waals surface area contributed by atoms with Crippen LogP contribution in [-0.4, -0.2) is 25.1 Å². The monoisotopic (exact) mass is 417 g/mol. The van der Waals surface area contributed by atoms with Crippen molar-refractivity contribution < 1.29 is 4.39 Å². The van der Waals surface area contributed by atoms with Crippen molar-refractivity contribution in [3.63, 3.8) is 0 Å². The van der Waals surface area contributed by atoms with E-state index in [-0.39, 0.29) is 11.9 Å². The molecule has 134 valence electrons. The Morgan fingerprint density at radius 3 is 2.85 bits per heavy atom. The topological polar surface area (TPSA) is 91.4 Å². The second-order valence-corrected chi connectivity index (χ2v) is 7.18. The Kier molecular flexibility index (Phi) is 4.54. The molecular formula is C17H17BrFN7. The van der Waals surface area contributed by atoms with Crippen LogP contribution in [0.25, 0.3) is 0 Å². The molecule has 0 aromatic carbocycles. The van der Waals surface area contributed by atoms with Crippen LogP contribution in [0.2, 0.25) is 0 Å². The van der Waals surface area contributed by atoms with E-state index >= 15 is 0 Å². The molecule has 0 amide bonds. The third-order valence-electron chi connectivity index (χ3n) is 4.14. The van der Waals surface area contributed by atoms with Gasteiger partial charge in [-0.15, -0.1) is 0 Å². The summed E-state index contributed by atoms with van der Waals surface area (Å²) in [4.78, 5) is 12.6. The fourth-order valence-electron chi connectivity index (χ4n) is 2.56. The van der Waals surface area contributed by atoms with Crippen molar-refractivity contribution in [1.82, 2.24) is 25.1 Å². The first-order valence-corrected chi connectivity index (χ1v) is 9.10. The molecule has 7 nitrogen and oxygen atoms in total. The van der Waals surface area contributed by atoms with E-state index in [1.807, 2.05) is 25.1 Å². The van der Waals surface area contributed by atoms with Crippen molar-refractivity contribution in [2.24, 2.45) is 0 Å². The third kappa shape index (κ3) is 3.82. The molecule has 1 atom stereocenters. The second-order valence-electron chi connectivity index (χ2n) is 6.27. The maximum Gasteiger partial charge on any atom is 0.225 e. The van der Waals surface area contributed by atoms with Gasteiger partial charge in [-0.2, -0.15) is 10.1 Å². The van der Waals surface area contributed by atoms with Crippen LogP contribution in [-0.2, 0) is 0 Å². The van der Waals surface area contributed by atoms with Gasteiger partial charge < -0.3 is 10.6 Å². The normalized spacial score (nSPS) is 14.9. The molecule has 0 unspecified atom stereocenters. The maximum atomic E-state index is 14.1.